The number of hydrogen-bond donors (Lipinski definition) is 1. The van der Waals surface area contributed by atoms with E-state index in [0.717, 1.165) is 18.9 Å². The van der Waals surface area contributed by atoms with E-state index >= 15 is 0 Å². The Balaban J connectivity index is 1.35. The summed E-state index contributed by atoms with van der Waals surface area (Å²) in [5, 5.41) is 8.08. The fourth-order valence-corrected chi connectivity index (χ4v) is 4.37. The van der Waals surface area contributed by atoms with Crippen LogP contribution in [-0.2, 0) is 0 Å². The molecule has 148 valence electrons. The molecule has 4 heterocycles. The molecule has 3 aromatic rings. The molecule has 0 saturated carbocycles. The first-order valence-electron chi connectivity index (χ1n) is 9.49. The zero-order chi connectivity index (χ0) is 20.0. The lowest BCUT2D eigenvalue weighted by molar-refractivity contribution is 0.0777. The van der Waals surface area contributed by atoms with Crippen LogP contribution in [0, 0.1) is 17.7 Å². The van der Waals surface area contributed by atoms with Crippen LogP contribution in [0.15, 0.2) is 53.6 Å². The van der Waals surface area contributed by atoms with Crippen molar-refractivity contribution in [2.75, 3.05) is 31.1 Å². The third-order valence-corrected chi connectivity index (χ3v) is 5.71. The summed E-state index contributed by atoms with van der Waals surface area (Å²) >= 11 is 0. The molecule has 0 spiro atoms. The van der Waals surface area contributed by atoms with Crippen molar-refractivity contribution in [3.8, 4) is 5.69 Å². The standard InChI is InChI=1S/C20H19FN6O2/c21-15-3-1-4-16(27-22-7-8-23-27)19(15)20(29)26-11-13-9-25(10-14(13)12-26)17-5-2-6-18(28)24-17/h1-8,13-14H,9-12H2,(H,24,28). The molecule has 2 fully saturated rings. The van der Waals surface area contributed by atoms with Gasteiger partial charge in [0.25, 0.3) is 5.91 Å². The number of pyridine rings is 1. The highest BCUT2D eigenvalue weighted by Crippen LogP contribution is 2.34. The number of benzene rings is 1. The van der Waals surface area contributed by atoms with Gasteiger partial charge in [0.15, 0.2) is 0 Å². The number of nitrogens with one attached hydrogen (secondary N) is 1. The maximum absolute atomic E-state index is 14.6. The monoisotopic (exact) mass is 394 g/mol. The Hall–Kier alpha value is -3.49. The van der Waals surface area contributed by atoms with E-state index in [4.69, 9.17) is 0 Å². The lowest BCUT2D eigenvalue weighted by atomic mass is 10.0. The van der Waals surface area contributed by atoms with Crippen LogP contribution in [-0.4, -0.2) is 57.0 Å². The summed E-state index contributed by atoms with van der Waals surface area (Å²) in [5.74, 6) is 0.433. The first kappa shape index (κ1) is 17.6. The molecule has 2 aromatic heterocycles. The van der Waals surface area contributed by atoms with Crippen molar-refractivity contribution in [2.24, 2.45) is 11.8 Å². The molecule has 2 atom stereocenters. The number of nitrogens with zero attached hydrogens (tertiary/aromatic N) is 5. The van der Waals surface area contributed by atoms with E-state index in [0.29, 0.717) is 18.8 Å². The highest BCUT2D eigenvalue weighted by atomic mass is 19.1. The van der Waals surface area contributed by atoms with Crippen LogP contribution in [0.4, 0.5) is 10.2 Å². The number of anilines is 1. The van der Waals surface area contributed by atoms with Gasteiger partial charge in [-0.15, -0.1) is 0 Å². The van der Waals surface area contributed by atoms with Crippen LogP contribution in [0.25, 0.3) is 5.69 Å². The summed E-state index contributed by atoms with van der Waals surface area (Å²) in [4.78, 5) is 32.7. The van der Waals surface area contributed by atoms with Crippen LogP contribution in [0.2, 0.25) is 0 Å². The second-order valence-corrected chi connectivity index (χ2v) is 7.49. The van der Waals surface area contributed by atoms with Gasteiger partial charge in [-0.25, -0.2) is 4.39 Å². The highest BCUT2D eigenvalue weighted by Gasteiger charge is 2.42. The molecule has 0 aliphatic carbocycles. The lowest BCUT2D eigenvalue weighted by Gasteiger charge is -2.23. The third kappa shape index (κ3) is 3.08. The van der Waals surface area contributed by atoms with Crippen LogP contribution in [0.3, 0.4) is 0 Å². The first-order chi connectivity index (χ1) is 14.1. The number of carbonyl (C=O) groups is 1. The van der Waals surface area contributed by atoms with E-state index in [2.05, 4.69) is 20.1 Å². The van der Waals surface area contributed by atoms with E-state index < -0.39 is 5.82 Å². The second-order valence-electron chi connectivity index (χ2n) is 7.49. The molecule has 1 amide bonds. The smallest absolute Gasteiger partial charge is 0.259 e. The average Bonchev–Trinajstić information content (AvgIpc) is 3.43. The number of aromatic amines is 1. The lowest BCUT2D eigenvalue weighted by Crippen LogP contribution is -2.34. The Bertz CT molecular complexity index is 1100. The molecule has 2 aliphatic rings. The van der Waals surface area contributed by atoms with Gasteiger partial charge in [-0.2, -0.15) is 15.0 Å². The van der Waals surface area contributed by atoms with E-state index in [9.17, 15) is 14.0 Å². The molecule has 0 radical (unpaired) electrons. The van der Waals surface area contributed by atoms with Gasteiger partial charge in [-0.3, -0.25) is 9.59 Å². The van der Waals surface area contributed by atoms with E-state index in [-0.39, 0.29) is 28.9 Å². The predicted molar refractivity (Wildman–Crippen MR) is 103 cm³/mol. The zero-order valence-electron chi connectivity index (χ0n) is 15.5. The van der Waals surface area contributed by atoms with Gasteiger partial charge in [-0.05, 0) is 18.2 Å². The molecule has 29 heavy (non-hydrogen) atoms. The molecule has 2 saturated heterocycles. The van der Waals surface area contributed by atoms with Crippen LogP contribution in [0.5, 0.6) is 0 Å². The normalized spacial score (nSPS) is 20.9. The van der Waals surface area contributed by atoms with Gasteiger partial charge in [0.05, 0.1) is 12.4 Å². The number of fused-ring (bicyclic) bond motifs is 1. The van der Waals surface area contributed by atoms with Crippen molar-refractivity contribution in [2.45, 2.75) is 0 Å². The number of likely N-dealkylation sites (tertiary alicyclic amines) is 1. The van der Waals surface area contributed by atoms with Gasteiger partial charge in [-0.1, -0.05) is 12.1 Å². The van der Waals surface area contributed by atoms with Crippen LogP contribution in [0.1, 0.15) is 10.4 Å². The quantitative estimate of drug-likeness (QED) is 0.724. The number of carbonyl (C=O) groups excluding carboxylic acids is 1. The predicted octanol–water partition coefficient (Wildman–Crippen LogP) is 1.30. The molecule has 0 bridgehead atoms. The fraction of sp³-hybridized carbons (Fsp3) is 0.300. The fourth-order valence-electron chi connectivity index (χ4n) is 4.37. The number of hydrogen-bond acceptors (Lipinski definition) is 5. The minimum atomic E-state index is -0.578. The van der Waals surface area contributed by atoms with Gasteiger partial charge in [0.2, 0.25) is 5.56 Å². The number of rotatable bonds is 3. The van der Waals surface area contributed by atoms with Gasteiger partial charge < -0.3 is 14.8 Å². The van der Waals surface area contributed by atoms with E-state index in [1.807, 2.05) is 6.07 Å². The van der Waals surface area contributed by atoms with Gasteiger partial charge in [0, 0.05) is 44.1 Å². The molecule has 1 N–H and O–H groups in total. The summed E-state index contributed by atoms with van der Waals surface area (Å²) < 4.78 is 14.6. The minimum Gasteiger partial charge on any atom is -0.357 e. The molecule has 2 aliphatic heterocycles. The summed E-state index contributed by atoms with van der Waals surface area (Å²) in [6.45, 7) is 2.60. The summed E-state index contributed by atoms with van der Waals surface area (Å²) in [6.07, 6.45) is 2.98. The van der Waals surface area contributed by atoms with Crippen molar-refractivity contribution < 1.29 is 9.18 Å². The Morgan fingerprint density at radius 1 is 1.00 bits per heavy atom. The van der Waals surface area contributed by atoms with Crippen molar-refractivity contribution in [3.63, 3.8) is 0 Å². The molecular weight excluding hydrogens is 375 g/mol. The minimum absolute atomic E-state index is 0.00656. The van der Waals surface area contributed by atoms with Crippen molar-refractivity contribution >= 4 is 11.7 Å². The maximum Gasteiger partial charge on any atom is 0.259 e. The van der Waals surface area contributed by atoms with Crippen LogP contribution >= 0.6 is 0 Å². The Morgan fingerprint density at radius 2 is 1.69 bits per heavy atom. The maximum atomic E-state index is 14.6. The van der Waals surface area contributed by atoms with Crippen molar-refractivity contribution in [3.05, 3.63) is 70.5 Å². The second kappa shape index (κ2) is 6.84. The topological polar surface area (TPSA) is 87.1 Å². The average molecular weight is 394 g/mol. The highest BCUT2D eigenvalue weighted by molar-refractivity contribution is 5.98. The Labute approximate surface area is 165 Å². The number of aromatic nitrogens is 4. The molecular formula is C20H19FN6O2. The summed E-state index contributed by atoms with van der Waals surface area (Å²) in [6, 6.07) is 9.57. The van der Waals surface area contributed by atoms with Gasteiger partial charge in [0.1, 0.15) is 22.9 Å². The molecule has 2 unspecified atom stereocenters. The SMILES string of the molecule is O=C(c1c(F)cccc1-n1nccn1)N1CC2CN(c3cccc(=O)[nH]3)CC2C1. The van der Waals surface area contributed by atoms with Crippen molar-refractivity contribution in [1.29, 1.82) is 0 Å². The Morgan fingerprint density at radius 3 is 2.38 bits per heavy atom. The Kier molecular flexibility index (Phi) is 4.15. The summed E-state index contributed by atoms with van der Waals surface area (Å²) in [5.41, 5.74) is 0.198. The third-order valence-electron chi connectivity index (χ3n) is 5.71. The van der Waals surface area contributed by atoms with E-state index in [1.54, 1.807) is 23.1 Å². The van der Waals surface area contributed by atoms with Crippen LogP contribution < -0.4 is 10.5 Å². The summed E-state index contributed by atoms with van der Waals surface area (Å²) in [7, 11) is 0. The van der Waals surface area contributed by atoms with Crippen molar-refractivity contribution in [1.82, 2.24) is 24.9 Å². The first-order valence-corrected chi connectivity index (χ1v) is 9.49. The molecule has 9 heteroatoms. The zero-order valence-corrected chi connectivity index (χ0v) is 15.5. The molecule has 1 aromatic carbocycles. The van der Waals surface area contributed by atoms with E-state index in [1.165, 1.54) is 29.3 Å². The number of amides is 1. The molecule has 5 rings (SSSR count). The number of halogens is 1. The number of H-pyrrole nitrogens is 1. The molecule has 8 nitrogen and oxygen atoms in total. The largest absolute Gasteiger partial charge is 0.357 e. The van der Waals surface area contributed by atoms with Gasteiger partial charge >= 0.3 is 0 Å².